The van der Waals surface area contributed by atoms with Crippen LogP contribution in [0.2, 0.25) is 0 Å². The fraction of sp³-hybridized carbons (Fsp3) is 0.674. The standard InChI is InChI=1S/C43H57NO15/c1-21(2)16-27-32(48)38(51)57-28-19-43(53)36(58-37(50)26-14-11-13-25(17-26)12-9-10-15-54-39(52)44-27)34-41(8,29(47)18-30-42(34,20-55-30)59-24(5)46)35(49)33(56-23(4)45)31(22(28)3)40(43,6)7/h11,13-14,17,21,27-30,32-34,36,47-48,53H,9-10,12,15-16,18-20H2,1-8H3,(H,44,52)/t27-,28-,29-,30+,32+,33+,34-,36-,41+,42-,43+/m0/s1. The largest absolute Gasteiger partial charge is 0.456 e. The van der Waals surface area contributed by atoms with Crippen molar-refractivity contribution in [3.05, 3.63) is 46.5 Å². The molecule has 4 N–H and O–H groups in total. The number of esters is 4. The molecule has 1 amide bonds. The van der Waals surface area contributed by atoms with Crippen molar-refractivity contribution in [3.63, 3.8) is 0 Å². The number of aliphatic hydroxyl groups is 3. The molecule has 16 heteroatoms. The summed E-state index contributed by atoms with van der Waals surface area (Å²) in [5.41, 5.74) is -6.73. The van der Waals surface area contributed by atoms with Crippen molar-refractivity contribution in [3.8, 4) is 0 Å². The molecule has 3 fully saturated rings. The monoisotopic (exact) mass is 827 g/mol. The highest BCUT2D eigenvalue weighted by molar-refractivity contribution is 5.95. The lowest BCUT2D eigenvalue weighted by molar-refractivity contribution is -0.346. The minimum Gasteiger partial charge on any atom is -0.456 e. The molecular weight excluding hydrogens is 770 g/mol. The van der Waals surface area contributed by atoms with Gasteiger partial charge in [0.25, 0.3) is 0 Å². The molecule has 1 saturated heterocycles. The topological polar surface area (TPSA) is 231 Å². The molecule has 16 nitrogen and oxygen atoms in total. The number of carbonyl (C=O) groups excluding carboxylic acids is 6. The van der Waals surface area contributed by atoms with Gasteiger partial charge in [0.05, 0.1) is 42.3 Å². The van der Waals surface area contributed by atoms with Gasteiger partial charge in [-0.2, -0.15) is 0 Å². The predicted octanol–water partition coefficient (Wildman–Crippen LogP) is 3.04. The van der Waals surface area contributed by atoms with Crippen LogP contribution in [0, 0.1) is 22.7 Å². The zero-order valence-electron chi connectivity index (χ0n) is 34.9. The molecule has 2 saturated carbocycles. The number of rotatable bonds is 4. The van der Waals surface area contributed by atoms with E-state index in [2.05, 4.69) is 5.32 Å². The number of aryl methyl sites for hydroxylation is 1. The van der Waals surface area contributed by atoms with Crippen LogP contribution in [0.1, 0.15) is 103 Å². The first-order chi connectivity index (χ1) is 27.6. The molecular formula is C43H57NO15. The van der Waals surface area contributed by atoms with Crippen molar-refractivity contribution in [1.29, 1.82) is 0 Å². The van der Waals surface area contributed by atoms with Crippen molar-refractivity contribution in [2.45, 2.75) is 148 Å². The number of Topliss-reactive ketones (excluding diaryl/α,β-unsaturated/α-hetero) is 1. The highest BCUT2D eigenvalue weighted by Gasteiger charge is 2.78. The Bertz CT molecular complexity index is 1910. The van der Waals surface area contributed by atoms with Crippen LogP contribution in [-0.4, -0.2) is 118 Å². The molecule has 0 spiro atoms. The number of cyclic esters (lactones) is 1. The van der Waals surface area contributed by atoms with Gasteiger partial charge in [0.2, 0.25) is 0 Å². The van der Waals surface area contributed by atoms with E-state index in [0.717, 1.165) is 19.4 Å². The van der Waals surface area contributed by atoms with Crippen LogP contribution in [0.5, 0.6) is 0 Å². The smallest absolute Gasteiger partial charge is 0.407 e. The molecule has 0 radical (unpaired) electrons. The van der Waals surface area contributed by atoms with Gasteiger partial charge in [0.1, 0.15) is 23.9 Å². The Balaban J connectivity index is 1.62. The number of hydrogen-bond donors (Lipinski definition) is 4. The molecule has 59 heavy (non-hydrogen) atoms. The lowest BCUT2D eigenvalue weighted by Crippen LogP contribution is -2.82. The second kappa shape index (κ2) is 16.2. The van der Waals surface area contributed by atoms with Crippen LogP contribution in [0.25, 0.3) is 0 Å². The van der Waals surface area contributed by atoms with E-state index in [1.165, 1.54) is 19.9 Å². The second-order valence-electron chi connectivity index (χ2n) is 17.9. The number of hydrogen-bond acceptors (Lipinski definition) is 15. The molecule has 6 rings (SSSR count). The predicted molar refractivity (Wildman–Crippen MR) is 205 cm³/mol. The second-order valence-corrected chi connectivity index (χ2v) is 17.9. The van der Waals surface area contributed by atoms with Gasteiger partial charge < -0.3 is 49.1 Å². The minimum absolute atomic E-state index is 0.0183. The summed E-state index contributed by atoms with van der Waals surface area (Å²) in [6, 6.07) is 5.47. The van der Waals surface area contributed by atoms with Gasteiger partial charge in [-0.05, 0) is 74.3 Å². The van der Waals surface area contributed by atoms with Crippen molar-refractivity contribution in [1.82, 2.24) is 5.32 Å². The molecule has 324 valence electrons. The summed E-state index contributed by atoms with van der Waals surface area (Å²) in [5, 5.41) is 39.8. The zero-order valence-corrected chi connectivity index (χ0v) is 34.9. The first-order valence-corrected chi connectivity index (χ1v) is 20.3. The third-order valence-corrected chi connectivity index (χ3v) is 13.3. The molecule has 3 aliphatic carbocycles. The maximum Gasteiger partial charge on any atom is 0.407 e. The average molecular weight is 828 g/mol. The van der Waals surface area contributed by atoms with Crippen molar-refractivity contribution >= 4 is 35.8 Å². The number of aliphatic hydroxyl groups excluding tert-OH is 2. The van der Waals surface area contributed by atoms with E-state index in [1.807, 2.05) is 19.9 Å². The van der Waals surface area contributed by atoms with Crippen LogP contribution >= 0.6 is 0 Å². The van der Waals surface area contributed by atoms with E-state index in [1.54, 1.807) is 26.0 Å². The maximum absolute atomic E-state index is 15.5. The minimum atomic E-state index is -2.36. The Hall–Kier alpha value is -4.38. The van der Waals surface area contributed by atoms with E-state index in [9.17, 15) is 39.3 Å². The summed E-state index contributed by atoms with van der Waals surface area (Å²) in [4.78, 5) is 82.9. The number of ether oxygens (including phenoxy) is 6. The zero-order chi connectivity index (χ0) is 43.4. The average Bonchev–Trinajstić information content (AvgIpc) is 3.14. The Morgan fingerprint density at radius 1 is 1.02 bits per heavy atom. The number of amides is 1. The van der Waals surface area contributed by atoms with Gasteiger partial charge in [-0.1, -0.05) is 39.8 Å². The number of alkyl carbamates (subject to hydrolysis) is 1. The number of benzene rings is 1. The van der Waals surface area contributed by atoms with Crippen LogP contribution in [-0.2, 0) is 54.0 Å². The van der Waals surface area contributed by atoms with E-state index in [0.29, 0.717) is 19.3 Å². The van der Waals surface area contributed by atoms with Crippen molar-refractivity contribution < 1.29 is 72.5 Å². The molecule has 11 atom stereocenters. The van der Waals surface area contributed by atoms with Crippen molar-refractivity contribution in [2.75, 3.05) is 13.2 Å². The highest BCUT2D eigenvalue weighted by Crippen LogP contribution is 2.64. The molecule has 0 unspecified atom stereocenters. The van der Waals surface area contributed by atoms with E-state index in [4.69, 9.17) is 28.4 Å². The Morgan fingerprint density at radius 2 is 1.73 bits per heavy atom. The van der Waals surface area contributed by atoms with Crippen LogP contribution in [0.15, 0.2) is 35.4 Å². The summed E-state index contributed by atoms with van der Waals surface area (Å²) in [6.07, 6.45) is -9.45. The van der Waals surface area contributed by atoms with Crippen LogP contribution in [0.4, 0.5) is 4.79 Å². The van der Waals surface area contributed by atoms with Gasteiger partial charge in [0, 0.05) is 32.1 Å². The summed E-state index contributed by atoms with van der Waals surface area (Å²) >= 11 is 0. The number of nitrogens with one attached hydrogen (secondary N) is 1. The Morgan fingerprint density at radius 3 is 2.36 bits per heavy atom. The van der Waals surface area contributed by atoms with Gasteiger partial charge in [-0.25, -0.2) is 14.4 Å². The first kappa shape index (κ1) is 44.2. The lowest BCUT2D eigenvalue weighted by Gasteiger charge is -2.67. The normalized spacial score (nSPS) is 37.5. The Labute approximate surface area is 343 Å². The van der Waals surface area contributed by atoms with E-state index >= 15 is 4.79 Å². The van der Waals surface area contributed by atoms with Crippen LogP contribution in [0.3, 0.4) is 0 Å². The molecule has 1 aromatic carbocycles. The first-order valence-electron chi connectivity index (χ1n) is 20.3. The van der Waals surface area contributed by atoms with E-state index in [-0.39, 0.29) is 48.7 Å². The summed E-state index contributed by atoms with van der Waals surface area (Å²) in [6.45, 7) is 11.8. The maximum atomic E-state index is 15.5. The fourth-order valence-electron chi connectivity index (χ4n) is 10.2. The molecule has 5 bridgehead atoms. The summed E-state index contributed by atoms with van der Waals surface area (Å²) in [7, 11) is 0. The SMILES string of the molecule is CC(=O)O[C@H]1C(=O)[C@@]2(C)[C@H]([C@@H]3OC(=O)c4cccc(c4)CCCCOC(=O)N[C@@H](CC(C)C)[C@@H](O)C(=O)O[C@H]4C[C@]3(O)C(C)(C)C1=C4C)[C@]1(OC(C)=O)CO[C@@H]1C[C@@H]2O. The van der Waals surface area contributed by atoms with Gasteiger partial charge in [0.15, 0.2) is 23.6 Å². The van der Waals surface area contributed by atoms with Crippen molar-refractivity contribution in [2.24, 2.45) is 22.7 Å². The number of ketones is 1. The van der Waals surface area contributed by atoms with Crippen LogP contribution < -0.4 is 5.32 Å². The third kappa shape index (κ3) is 7.65. The van der Waals surface area contributed by atoms with Gasteiger partial charge >= 0.3 is 30.0 Å². The summed E-state index contributed by atoms with van der Waals surface area (Å²) < 4.78 is 35.7. The van der Waals surface area contributed by atoms with E-state index < -0.39 is 113 Å². The Kier molecular flexibility index (Phi) is 12.2. The van der Waals surface area contributed by atoms with Gasteiger partial charge in [-0.15, -0.1) is 0 Å². The quantitative estimate of drug-likeness (QED) is 0.194. The summed E-state index contributed by atoms with van der Waals surface area (Å²) in [5.74, 6) is -6.22. The lowest BCUT2D eigenvalue weighted by atomic mass is 9.44. The number of fused-ring (bicyclic) bond motifs is 8. The fourth-order valence-corrected chi connectivity index (χ4v) is 10.2. The molecule has 2 aliphatic heterocycles. The molecule has 0 aromatic heterocycles. The molecule has 5 aliphatic rings. The van der Waals surface area contributed by atoms with Gasteiger partial charge in [-0.3, -0.25) is 14.4 Å². The number of carbonyl (C=O) groups is 6. The molecule has 2 heterocycles. The molecule has 1 aromatic rings. The highest BCUT2D eigenvalue weighted by atomic mass is 16.6. The third-order valence-electron chi connectivity index (χ3n) is 13.3.